The molecule has 0 atom stereocenters. The van der Waals surface area contributed by atoms with Gasteiger partial charge in [-0.1, -0.05) is 0 Å². The number of rotatable bonds is 5. The number of sulfone groups is 1. The maximum atomic E-state index is 13.1. The van der Waals surface area contributed by atoms with Gasteiger partial charge in [0.05, 0.1) is 24.7 Å². The second-order valence-corrected chi connectivity index (χ2v) is 9.06. The predicted molar refractivity (Wildman–Crippen MR) is 106 cm³/mol. The van der Waals surface area contributed by atoms with E-state index in [-0.39, 0.29) is 10.7 Å². The smallest absolute Gasteiger partial charge is 0.210 e. The Hall–Kier alpha value is -2.80. The fourth-order valence-corrected chi connectivity index (χ4v) is 3.66. The monoisotopic (exact) mass is 402 g/mol. The molecule has 3 rings (SSSR count). The highest BCUT2D eigenvalue weighted by Crippen LogP contribution is 2.43. The zero-order valence-corrected chi connectivity index (χ0v) is 17.2. The maximum Gasteiger partial charge on any atom is 0.210 e. The molecule has 0 radical (unpaired) electrons. The van der Waals surface area contributed by atoms with E-state index in [2.05, 4.69) is 0 Å². The summed E-state index contributed by atoms with van der Waals surface area (Å²) in [5, 5.41) is 0. The van der Waals surface area contributed by atoms with Gasteiger partial charge < -0.3 is 14.2 Å². The van der Waals surface area contributed by atoms with E-state index in [0.29, 0.717) is 34.0 Å². The van der Waals surface area contributed by atoms with Crippen molar-refractivity contribution in [1.29, 1.82) is 0 Å². The van der Waals surface area contributed by atoms with Gasteiger partial charge in [0.15, 0.2) is 15.4 Å². The van der Waals surface area contributed by atoms with E-state index in [0.717, 1.165) is 6.26 Å². The first-order valence-corrected chi connectivity index (χ1v) is 10.5. The van der Waals surface area contributed by atoms with Gasteiger partial charge in [-0.25, -0.2) is 8.42 Å². The molecule has 0 aliphatic carbocycles. The van der Waals surface area contributed by atoms with E-state index in [1.54, 1.807) is 44.2 Å². The number of hydrogen-bond donors (Lipinski definition) is 0. The fourth-order valence-electron chi connectivity index (χ4n) is 3.03. The fraction of sp³-hybridized carbons (Fsp3) is 0.286. The van der Waals surface area contributed by atoms with Crippen LogP contribution in [-0.4, -0.2) is 40.3 Å². The summed E-state index contributed by atoms with van der Waals surface area (Å²) in [5.41, 5.74) is 0.572. The van der Waals surface area contributed by atoms with E-state index in [1.165, 1.54) is 26.4 Å². The topological polar surface area (TPSA) is 78.9 Å². The van der Waals surface area contributed by atoms with Gasteiger partial charge in [-0.05, 0) is 55.8 Å². The third-order valence-electron chi connectivity index (χ3n) is 4.54. The Bertz CT molecular complexity index is 1040. The third-order valence-corrected chi connectivity index (χ3v) is 5.67. The van der Waals surface area contributed by atoms with Crippen LogP contribution in [0.25, 0.3) is 11.3 Å². The van der Waals surface area contributed by atoms with Gasteiger partial charge in [-0.2, -0.15) is 0 Å². The lowest BCUT2D eigenvalue weighted by Crippen LogP contribution is -2.29. The molecule has 1 aliphatic heterocycles. The zero-order valence-electron chi connectivity index (χ0n) is 16.4. The summed E-state index contributed by atoms with van der Waals surface area (Å²) in [7, 11) is -0.245. The van der Waals surface area contributed by atoms with E-state index in [4.69, 9.17) is 14.2 Å². The summed E-state index contributed by atoms with van der Waals surface area (Å²) >= 11 is 0. The molecule has 7 heteroatoms. The van der Waals surface area contributed by atoms with Gasteiger partial charge in [0.25, 0.3) is 0 Å². The van der Waals surface area contributed by atoms with Crippen LogP contribution >= 0.6 is 0 Å². The highest BCUT2D eigenvalue weighted by molar-refractivity contribution is 7.90. The Balaban J connectivity index is 2.20. The van der Waals surface area contributed by atoms with Crippen molar-refractivity contribution in [2.75, 3.05) is 20.5 Å². The molecule has 0 spiro atoms. The molecule has 0 amide bonds. The summed E-state index contributed by atoms with van der Waals surface area (Å²) in [6.07, 6.45) is 1.15. The maximum absolute atomic E-state index is 13.1. The van der Waals surface area contributed by atoms with E-state index >= 15 is 0 Å². The summed E-state index contributed by atoms with van der Waals surface area (Å²) < 4.78 is 40.1. The summed E-state index contributed by atoms with van der Waals surface area (Å²) in [5.74, 6) is 1.31. The van der Waals surface area contributed by atoms with Crippen LogP contribution in [-0.2, 0) is 19.4 Å². The number of benzene rings is 2. The molecular formula is C21H22O6S. The van der Waals surface area contributed by atoms with Crippen molar-refractivity contribution in [2.45, 2.75) is 24.3 Å². The molecule has 0 N–H and O–H groups in total. The van der Waals surface area contributed by atoms with E-state index in [1.807, 2.05) is 0 Å². The Morgan fingerprint density at radius 2 is 1.43 bits per heavy atom. The molecule has 1 heterocycles. The minimum Gasteiger partial charge on any atom is -0.497 e. The second-order valence-electron chi connectivity index (χ2n) is 7.04. The minimum absolute atomic E-state index is 0.176. The Morgan fingerprint density at radius 3 is 1.89 bits per heavy atom. The largest absolute Gasteiger partial charge is 0.497 e. The summed E-state index contributed by atoms with van der Waals surface area (Å²) in [4.78, 5) is 13.3. The number of Topliss-reactive ketones (excluding diaryl/α,β-unsaturated/α-hetero) is 1. The number of hydrogen-bond acceptors (Lipinski definition) is 6. The summed E-state index contributed by atoms with van der Waals surface area (Å²) in [6, 6.07) is 11.5. The number of ether oxygens (including phenoxy) is 3. The molecule has 2 aromatic rings. The quantitative estimate of drug-likeness (QED) is 0.763. The van der Waals surface area contributed by atoms with Gasteiger partial charge >= 0.3 is 0 Å². The minimum atomic E-state index is -3.32. The van der Waals surface area contributed by atoms with Crippen LogP contribution in [0.4, 0.5) is 0 Å². The second kappa shape index (κ2) is 6.98. The standard InChI is InChI=1S/C21H22O6S/c1-21(2)20(22)18(14-10-15(25-3)12-16(11-14)26-4)19(27-21)13-6-8-17(9-7-13)28(5,23)24/h6-12H,1-5H3. The zero-order chi connectivity index (χ0) is 20.7. The SMILES string of the molecule is COc1cc(OC)cc(C2=C(c3ccc(S(C)(=O)=O)cc3)OC(C)(C)C2=O)c1. The van der Waals surface area contributed by atoms with Crippen LogP contribution in [0.2, 0.25) is 0 Å². The van der Waals surface area contributed by atoms with Crippen molar-refractivity contribution in [3.63, 3.8) is 0 Å². The lowest BCUT2D eigenvalue weighted by atomic mass is 9.92. The normalized spacial score (nSPS) is 16.1. The Labute approximate surface area is 164 Å². The molecule has 148 valence electrons. The van der Waals surface area contributed by atoms with Crippen molar-refractivity contribution in [1.82, 2.24) is 0 Å². The first-order chi connectivity index (χ1) is 13.1. The average molecular weight is 402 g/mol. The average Bonchev–Trinajstić information content (AvgIpc) is 2.90. The highest BCUT2D eigenvalue weighted by Gasteiger charge is 2.43. The van der Waals surface area contributed by atoms with E-state index in [9.17, 15) is 13.2 Å². The number of methoxy groups -OCH3 is 2. The molecule has 0 saturated heterocycles. The van der Waals surface area contributed by atoms with Gasteiger partial charge in [0.2, 0.25) is 5.78 Å². The third kappa shape index (κ3) is 3.62. The van der Waals surface area contributed by atoms with Crippen LogP contribution < -0.4 is 9.47 Å². The molecule has 0 saturated carbocycles. The lowest BCUT2D eigenvalue weighted by molar-refractivity contribution is -0.125. The predicted octanol–water partition coefficient (Wildman–Crippen LogP) is 3.35. The van der Waals surface area contributed by atoms with Gasteiger partial charge in [0, 0.05) is 17.9 Å². The molecule has 28 heavy (non-hydrogen) atoms. The van der Waals surface area contributed by atoms with Crippen LogP contribution in [0.5, 0.6) is 11.5 Å². The molecular weight excluding hydrogens is 380 g/mol. The first-order valence-electron chi connectivity index (χ1n) is 8.59. The first kappa shape index (κ1) is 19.9. The number of carbonyl (C=O) groups excluding carboxylic acids is 1. The van der Waals surface area contributed by atoms with Crippen LogP contribution in [0.1, 0.15) is 25.0 Å². The molecule has 0 unspecified atom stereocenters. The highest BCUT2D eigenvalue weighted by atomic mass is 32.2. The molecule has 6 nitrogen and oxygen atoms in total. The number of ketones is 1. The molecule has 2 aromatic carbocycles. The Kier molecular flexibility index (Phi) is 4.97. The Morgan fingerprint density at radius 1 is 0.893 bits per heavy atom. The van der Waals surface area contributed by atoms with Gasteiger partial charge in [-0.15, -0.1) is 0 Å². The van der Waals surface area contributed by atoms with Crippen LogP contribution in [0, 0.1) is 0 Å². The molecule has 1 aliphatic rings. The van der Waals surface area contributed by atoms with Crippen molar-refractivity contribution in [2.24, 2.45) is 0 Å². The summed E-state index contributed by atoms with van der Waals surface area (Å²) in [6.45, 7) is 3.40. The van der Waals surface area contributed by atoms with E-state index < -0.39 is 15.4 Å². The molecule has 0 fully saturated rings. The number of carbonyl (C=O) groups is 1. The van der Waals surface area contributed by atoms with Crippen molar-refractivity contribution in [3.8, 4) is 11.5 Å². The van der Waals surface area contributed by atoms with Crippen LogP contribution in [0.15, 0.2) is 47.4 Å². The lowest BCUT2D eigenvalue weighted by Gasteiger charge is -2.18. The molecule has 0 bridgehead atoms. The molecule has 0 aromatic heterocycles. The van der Waals surface area contributed by atoms with Crippen molar-refractivity contribution < 1.29 is 27.4 Å². The van der Waals surface area contributed by atoms with Crippen molar-refractivity contribution >= 4 is 27.0 Å². The van der Waals surface area contributed by atoms with Gasteiger partial charge in [-0.3, -0.25) is 4.79 Å². The van der Waals surface area contributed by atoms with Crippen molar-refractivity contribution in [3.05, 3.63) is 53.6 Å². The van der Waals surface area contributed by atoms with Crippen LogP contribution in [0.3, 0.4) is 0 Å². The van der Waals surface area contributed by atoms with Gasteiger partial charge in [0.1, 0.15) is 17.3 Å².